The van der Waals surface area contributed by atoms with Gasteiger partial charge in [-0.2, -0.15) is 0 Å². The largest absolute Gasteiger partial charge is 0.364 e. The van der Waals surface area contributed by atoms with Crippen LogP contribution in [0, 0.1) is 6.92 Å². The highest BCUT2D eigenvalue weighted by Crippen LogP contribution is 2.26. The van der Waals surface area contributed by atoms with Gasteiger partial charge in [-0.25, -0.2) is 0 Å². The lowest BCUT2D eigenvalue weighted by Gasteiger charge is -2.19. The molecule has 1 amide bonds. The van der Waals surface area contributed by atoms with Crippen LogP contribution >= 0.6 is 0 Å². The van der Waals surface area contributed by atoms with Gasteiger partial charge < -0.3 is 10.7 Å². The number of rotatable bonds is 2. The van der Waals surface area contributed by atoms with E-state index in [1.165, 1.54) is 12.3 Å². The third kappa shape index (κ3) is 3.03. The molecule has 3 aromatic rings. The van der Waals surface area contributed by atoms with Crippen LogP contribution in [0.5, 0.6) is 0 Å². The van der Waals surface area contributed by atoms with Gasteiger partial charge in [0.15, 0.2) is 5.43 Å². The van der Waals surface area contributed by atoms with Crippen molar-refractivity contribution >= 4 is 16.8 Å². The lowest BCUT2D eigenvalue weighted by molar-refractivity contribution is 0.0997. The Morgan fingerprint density at radius 2 is 1.92 bits per heavy atom. The molecule has 3 aromatic heterocycles. The molecule has 0 atom stereocenters. The second-order valence-electron chi connectivity index (χ2n) is 7.07. The molecule has 0 aliphatic carbocycles. The predicted octanol–water partition coefficient (Wildman–Crippen LogP) is 2.69. The summed E-state index contributed by atoms with van der Waals surface area (Å²) in [5.74, 6) is -0.726. The maximum atomic E-state index is 12.5. The average molecular weight is 336 g/mol. The number of pyridine rings is 3. The van der Waals surface area contributed by atoms with Gasteiger partial charge in [0.2, 0.25) is 0 Å². The first-order valence-corrected chi connectivity index (χ1v) is 7.99. The summed E-state index contributed by atoms with van der Waals surface area (Å²) in [5.41, 5.74) is 8.74. The first-order valence-electron chi connectivity index (χ1n) is 7.99. The van der Waals surface area contributed by atoms with Crippen molar-refractivity contribution in [3.8, 4) is 11.3 Å². The summed E-state index contributed by atoms with van der Waals surface area (Å²) in [6.07, 6.45) is 1.45. The Kier molecular flexibility index (Phi) is 3.91. The summed E-state index contributed by atoms with van der Waals surface area (Å²) in [7, 11) is 0. The minimum atomic E-state index is -0.726. The lowest BCUT2D eigenvalue weighted by Crippen LogP contribution is -2.18. The number of amides is 1. The van der Waals surface area contributed by atoms with Gasteiger partial charge in [-0.3, -0.25) is 19.6 Å². The Balaban J connectivity index is 2.21. The second-order valence-corrected chi connectivity index (χ2v) is 7.07. The summed E-state index contributed by atoms with van der Waals surface area (Å²) in [6.45, 7) is 8.22. The molecule has 0 aromatic carbocycles. The molecule has 128 valence electrons. The van der Waals surface area contributed by atoms with Crippen LogP contribution in [0.3, 0.4) is 0 Å². The van der Waals surface area contributed by atoms with Crippen LogP contribution in [-0.4, -0.2) is 20.9 Å². The van der Waals surface area contributed by atoms with Crippen molar-refractivity contribution in [3.05, 3.63) is 57.8 Å². The second kappa shape index (κ2) is 5.81. The first kappa shape index (κ1) is 16.8. The van der Waals surface area contributed by atoms with E-state index >= 15 is 0 Å². The van der Waals surface area contributed by atoms with Crippen molar-refractivity contribution < 1.29 is 4.79 Å². The van der Waals surface area contributed by atoms with Crippen LogP contribution < -0.4 is 11.2 Å². The molecule has 0 saturated carbocycles. The monoisotopic (exact) mass is 336 g/mol. The number of nitrogens with one attached hydrogen (secondary N) is 1. The Hall–Kier alpha value is -3.02. The van der Waals surface area contributed by atoms with Gasteiger partial charge in [0.05, 0.1) is 16.6 Å². The zero-order chi connectivity index (χ0) is 18.4. The molecule has 0 aliphatic heterocycles. The molecular formula is C19H20N4O2. The Labute approximate surface area is 145 Å². The van der Waals surface area contributed by atoms with Crippen LogP contribution in [0.2, 0.25) is 0 Å². The lowest BCUT2D eigenvalue weighted by atomic mass is 9.91. The number of H-pyrrole nitrogens is 1. The molecule has 0 unspecified atom stereocenters. The van der Waals surface area contributed by atoms with Gasteiger partial charge in [0.1, 0.15) is 5.69 Å². The van der Waals surface area contributed by atoms with Gasteiger partial charge >= 0.3 is 0 Å². The SMILES string of the molecule is Cc1nc(C(C)(C)C)ccc1-c1cc(=O)c2c(C(N)=O)nccc2[nH]1. The van der Waals surface area contributed by atoms with E-state index in [1.807, 2.05) is 19.1 Å². The van der Waals surface area contributed by atoms with Gasteiger partial charge in [0, 0.05) is 34.6 Å². The fraction of sp³-hybridized carbons (Fsp3) is 0.263. The number of fused-ring (bicyclic) bond motifs is 1. The molecule has 3 rings (SSSR count). The number of carbonyl (C=O) groups excluding carboxylic acids is 1. The summed E-state index contributed by atoms with van der Waals surface area (Å²) in [6, 6.07) is 7.03. The number of primary amides is 1. The van der Waals surface area contributed by atoms with Gasteiger partial charge in [-0.05, 0) is 25.1 Å². The minimum Gasteiger partial charge on any atom is -0.364 e. The standard InChI is InChI=1S/C19H20N4O2/c1-10-11(5-6-15(22-10)19(2,3)4)13-9-14(24)16-12(23-13)7-8-21-17(16)18(20)25/h5-9H,1-4H3,(H2,20,25)(H,23,24). The predicted molar refractivity (Wildman–Crippen MR) is 97.5 cm³/mol. The van der Waals surface area contributed by atoms with Gasteiger partial charge in [-0.1, -0.05) is 20.8 Å². The maximum absolute atomic E-state index is 12.5. The van der Waals surface area contributed by atoms with Crippen molar-refractivity contribution in [2.45, 2.75) is 33.1 Å². The number of hydrogen-bond acceptors (Lipinski definition) is 4. The third-order valence-corrected chi connectivity index (χ3v) is 4.12. The molecule has 6 heteroatoms. The van der Waals surface area contributed by atoms with Crippen LogP contribution in [0.15, 0.2) is 35.3 Å². The van der Waals surface area contributed by atoms with Crippen LogP contribution in [0.1, 0.15) is 42.6 Å². The molecule has 0 fully saturated rings. The average Bonchev–Trinajstić information content (AvgIpc) is 2.53. The molecule has 25 heavy (non-hydrogen) atoms. The molecule has 6 nitrogen and oxygen atoms in total. The quantitative estimate of drug-likeness (QED) is 0.751. The van der Waals surface area contributed by atoms with E-state index in [0.717, 1.165) is 17.0 Å². The van der Waals surface area contributed by atoms with Crippen LogP contribution in [0.25, 0.3) is 22.2 Å². The van der Waals surface area contributed by atoms with Crippen molar-refractivity contribution in [2.24, 2.45) is 5.73 Å². The smallest absolute Gasteiger partial charge is 0.268 e. The van der Waals surface area contributed by atoms with E-state index < -0.39 is 5.91 Å². The third-order valence-electron chi connectivity index (χ3n) is 4.12. The molecule has 0 spiro atoms. The Bertz CT molecular complexity index is 1050. The zero-order valence-corrected chi connectivity index (χ0v) is 14.7. The Morgan fingerprint density at radius 1 is 1.20 bits per heavy atom. The van der Waals surface area contributed by atoms with E-state index in [0.29, 0.717) is 11.2 Å². The highest BCUT2D eigenvalue weighted by atomic mass is 16.1. The van der Waals surface area contributed by atoms with E-state index in [2.05, 4.69) is 35.7 Å². The number of hydrogen-bond donors (Lipinski definition) is 2. The fourth-order valence-electron chi connectivity index (χ4n) is 2.80. The van der Waals surface area contributed by atoms with Gasteiger partial charge in [-0.15, -0.1) is 0 Å². The molecule has 0 bridgehead atoms. The van der Waals surface area contributed by atoms with E-state index in [9.17, 15) is 9.59 Å². The first-order chi connectivity index (χ1) is 11.7. The van der Waals surface area contributed by atoms with Crippen molar-refractivity contribution in [2.75, 3.05) is 0 Å². The van der Waals surface area contributed by atoms with E-state index in [1.54, 1.807) is 6.07 Å². The molecule has 0 aliphatic rings. The van der Waals surface area contributed by atoms with Crippen LogP contribution in [0.4, 0.5) is 0 Å². The number of nitrogens with two attached hydrogens (primary N) is 1. The van der Waals surface area contributed by atoms with Gasteiger partial charge in [0.25, 0.3) is 5.91 Å². The fourth-order valence-corrected chi connectivity index (χ4v) is 2.80. The highest BCUT2D eigenvalue weighted by molar-refractivity contribution is 6.03. The summed E-state index contributed by atoms with van der Waals surface area (Å²) >= 11 is 0. The molecule has 0 radical (unpaired) electrons. The molecule has 3 N–H and O–H groups in total. The van der Waals surface area contributed by atoms with Crippen molar-refractivity contribution in [1.29, 1.82) is 0 Å². The maximum Gasteiger partial charge on any atom is 0.268 e. The zero-order valence-electron chi connectivity index (χ0n) is 14.7. The molecule has 3 heterocycles. The normalized spacial score (nSPS) is 11.7. The number of aryl methyl sites for hydroxylation is 1. The van der Waals surface area contributed by atoms with E-state index in [4.69, 9.17) is 5.73 Å². The van der Waals surface area contributed by atoms with Crippen LogP contribution in [-0.2, 0) is 5.41 Å². The van der Waals surface area contributed by atoms with E-state index in [-0.39, 0.29) is 21.9 Å². The number of aromatic amines is 1. The highest BCUT2D eigenvalue weighted by Gasteiger charge is 2.18. The van der Waals surface area contributed by atoms with Crippen molar-refractivity contribution in [3.63, 3.8) is 0 Å². The minimum absolute atomic E-state index is 0.0248. The topological polar surface area (TPSA) is 102 Å². The number of carbonyl (C=O) groups is 1. The molecular weight excluding hydrogens is 316 g/mol. The van der Waals surface area contributed by atoms with Crippen molar-refractivity contribution in [1.82, 2.24) is 15.0 Å². The summed E-state index contributed by atoms with van der Waals surface area (Å²) < 4.78 is 0. The summed E-state index contributed by atoms with van der Waals surface area (Å²) in [5, 5.41) is 0.204. The number of nitrogens with zero attached hydrogens (tertiary/aromatic N) is 2. The Morgan fingerprint density at radius 3 is 2.52 bits per heavy atom. The number of aromatic nitrogens is 3. The summed E-state index contributed by atoms with van der Waals surface area (Å²) in [4.78, 5) is 35.8. The molecule has 0 saturated heterocycles.